The number of anilines is 6. The first-order chi connectivity index (χ1) is 33.6. The molecule has 2 amide bonds. The van der Waals surface area contributed by atoms with Crippen molar-refractivity contribution in [1.29, 1.82) is 0 Å². The zero-order chi connectivity index (χ0) is 49.4. The van der Waals surface area contributed by atoms with Crippen LogP contribution in [0, 0.1) is 24.4 Å². The summed E-state index contributed by atoms with van der Waals surface area (Å²) in [6.45, 7) is 16.6. The normalized spacial score (nSPS) is 19.2. The van der Waals surface area contributed by atoms with E-state index in [0.29, 0.717) is 70.8 Å². The predicted octanol–water partition coefficient (Wildman–Crippen LogP) is 8.88. The van der Waals surface area contributed by atoms with Crippen molar-refractivity contribution < 1.29 is 32.1 Å². The van der Waals surface area contributed by atoms with Gasteiger partial charge in [0.1, 0.15) is 35.4 Å². The van der Waals surface area contributed by atoms with Crippen molar-refractivity contribution >= 4 is 81.3 Å². The summed E-state index contributed by atoms with van der Waals surface area (Å²) in [5.74, 6) is -2.80. The maximum absolute atomic E-state index is 15.3. The van der Waals surface area contributed by atoms with E-state index < -0.39 is 42.3 Å². The highest BCUT2D eigenvalue weighted by molar-refractivity contribution is 7.71. The van der Waals surface area contributed by atoms with E-state index in [2.05, 4.69) is 59.7 Å². The van der Waals surface area contributed by atoms with E-state index in [1.54, 1.807) is 32.4 Å². The van der Waals surface area contributed by atoms with E-state index in [1.165, 1.54) is 24.4 Å². The molecule has 19 heteroatoms. The van der Waals surface area contributed by atoms with Crippen LogP contribution < -0.4 is 35.8 Å². The number of fused-ring (bicyclic) bond motifs is 1. The largest absolute Gasteiger partial charge is 0.492 e. The fourth-order valence-corrected chi connectivity index (χ4v) is 12.4. The molecule has 0 bridgehead atoms. The van der Waals surface area contributed by atoms with Gasteiger partial charge < -0.3 is 29.7 Å². The van der Waals surface area contributed by atoms with Crippen LogP contribution in [0.3, 0.4) is 0 Å². The molecule has 0 spiro atoms. The molecule has 0 radical (unpaired) electrons. The van der Waals surface area contributed by atoms with E-state index in [-0.39, 0.29) is 40.9 Å². The molecule has 0 saturated carbocycles. The van der Waals surface area contributed by atoms with E-state index in [0.717, 1.165) is 82.6 Å². The summed E-state index contributed by atoms with van der Waals surface area (Å²) >= 11 is 6.64. The number of ether oxygens (including phenoxy) is 1. The summed E-state index contributed by atoms with van der Waals surface area (Å²) < 4.78 is 65.3. The van der Waals surface area contributed by atoms with Gasteiger partial charge in [0.15, 0.2) is 5.82 Å². The van der Waals surface area contributed by atoms with Crippen LogP contribution in [0.25, 0.3) is 10.9 Å². The van der Waals surface area contributed by atoms with Crippen molar-refractivity contribution in [2.45, 2.75) is 83.7 Å². The Morgan fingerprint density at radius 3 is 2.04 bits per heavy atom. The van der Waals surface area contributed by atoms with Crippen LogP contribution in [-0.2, 0) is 20.6 Å². The number of benzene rings is 3. The Hall–Kier alpha value is -5.48. The van der Waals surface area contributed by atoms with Gasteiger partial charge in [-0.25, -0.2) is 18.2 Å². The molecular weight excluding hydrogens is 940 g/mol. The van der Waals surface area contributed by atoms with Gasteiger partial charge >= 0.3 is 0 Å². The van der Waals surface area contributed by atoms with E-state index >= 15 is 8.78 Å². The number of hydrogen-bond acceptors (Lipinski definition) is 13. The zero-order valence-electron chi connectivity index (χ0n) is 40.4. The first-order valence-electron chi connectivity index (χ1n) is 24.4. The first-order valence-corrected chi connectivity index (χ1v) is 27.4. The molecule has 4 aliphatic rings. The Morgan fingerprint density at radius 1 is 0.800 bits per heavy atom. The number of piperidine rings is 3. The van der Waals surface area contributed by atoms with Gasteiger partial charge in [-0.2, -0.15) is 4.98 Å². The third-order valence-corrected chi connectivity index (χ3v) is 16.2. The van der Waals surface area contributed by atoms with Crippen LogP contribution in [0.1, 0.15) is 75.1 Å². The average molecular weight is 1000 g/mol. The molecule has 0 unspecified atom stereocenters. The summed E-state index contributed by atoms with van der Waals surface area (Å²) in [6, 6.07) is 12.7. The van der Waals surface area contributed by atoms with Gasteiger partial charge in [0.25, 0.3) is 0 Å². The van der Waals surface area contributed by atoms with Crippen LogP contribution in [0.4, 0.5) is 47.7 Å². The third-order valence-electron chi connectivity index (χ3n) is 14.4. The second-order valence-electron chi connectivity index (χ2n) is 19.2. The van der Waals surface area contributed by atoms with Crippen LogP contribution >= 0.6 is 18.7 Å². The monoisotopic (exact) mass is 1000 g/mol. The molecule has 14 nitrogen and oxygen atoms in total. The minimum Gasteiger partial charge on any atom is -0.492 e. The molecule has 70 heavy (non-hydrogen) atoms. The van der Waals surface area contributed by atoms with Gasteiger partial charge in [-0.05, 0) is 108 Å². The number of rotatable bonds is 13. The topological polar surface area (TPSA) is 148 Å². The highest BCUT2D eigenvalue weighted by Gasteiger charge is 2.35. The molecule has 4 saturated heterocycles. The van der Waals surface area contributed by atoms with Crippen molar-refractivity contribution in [3.05, 3.63) is 88.0 Å². The van der Waals surface area contributed by atoms with Gasteiger partial charge in [-0.1, -0.05) is 18.5 Å². The second kappa shape index (κ2) is 20.7. The van der Waals surface area contributed by atoms with Crippen molar-refractivity contribution in [2.75, 3.05) is 92.7 Å². The van der Waals surface area contributed by atoms with Gasteiger partial charge in [0, 0.05) is 105 Å². The second-order valence-corrected chi connectivity index (χ2v) is 22.7. The van der Waals surface area contributed by atoms with E-state index in [4.69, 9.17) is 21.3 Å². The van der Waals surface area contributed by atoms with Crippen molar-refractivity contribution in [1.82, 2.24) is 30.1 Å². The highest BCUT2D eigenvalue weighted by atomic mass is 35.5. The summed E-state index contributed by atoms with van der Waals surface area (Å²) in [6.07, 6.45) is 6.34. The standard InChI is InChI=1S/C51H61ClF3N10O4P/c1-6-31-24-43(59-51-56-29-37(52)49(61-51)58-42-10-9-41-36(48(42)70(4,5)68)27-38(53)30(3)57-41)45(69-7-2)28-44(31)65-18-14-33(15-19-65)64-22-20-63(21-23-64)32-12-16-62(17-13-32)34-25-39(54)47(40(55)26-34)35-8-11-46(66)60-50(35)67/h9-10,24-29,32-33,35H,6-8,11-23H2,1-5H3,(H,60,66,67)(H2,56,58,59,61)/t35-/m1/s1. The Kier molecular flexibility index (Phi) is 14.6. The molecule has 6 heterocycles. The molecule has 1 atom stereocenters. The number of carbonyl (C=O) groups is 2. The molecular formula is C51H61ClF3N10O4P. The number of amides is 2. The molecule has 4 aliphatic heterocycles. The number of aromatic nitrogens is 3. The van der Waals surface area contributed by atoms with Crippen LogP contribution in [0.2, 0.25) is 5.02 Å². The fraction of sp³-hybridized carbons (Fsp3) is 0.471. The maximum Gasteiger partial charge on any atom is 0.234 e. The number of hydrogen-bond donors (Lipinski definition) is 3. The minimum atomic E-state index is -2.95. The lowest BCUT2D eigenvalue weighted by atomic mass is 9.89. The maximum atomic E-state index is 15.3. The average Bonchev–Trinajstić information content (AvgIpc) is 3.33. The van der Waals surface area contributed by atoms with Gasteiger partial charge in [-0.15, -0.1) is 0 Å². The molecule has 5 aromatic rings. The Bertz CT molecular complexity index is 2820. The lowest BCUT2D eigenvalue weighted by molar-refractivity contribution is -0.134. The van der Waals surface area contributed by atoms with Crippen molar-refractivity contribution in [2.24, 2.45) is 0 Å². The first kappa shape index (κ1) is 49.5. The molecule has 3 N–H and O–H groups in total. The lowest BCUT2D eigenvalue weighted by Gasteiger charge is -2.46. The van der Waals surface area contributed by atoms with Crippen LogP contribution in [0.15, 0.2) is 48.7 Å². The number of carbonyl (C=O) groups excluding carboxylic acids is 2. The number of piperazine rings is 1. The fourth-order valence-electron chi connectivity index (χ4n) is 10.8. The van der Waals surface area contributed by atoms with E-state index in [9.17, 15) is 18.5 Å². The number of pyridine rings is 1. The zero-order valence-corrected chi connectivity index (χ0v) is 42.0. The Balaban J connectivity index is 0.802. The quantitative estimate of drug-likeness (QED) is 0.0763. The van der Waals surface area contributed by atoms with Gasteiger partial charge in [0.05, 0.1) is 41.3 Å². The van der Waals surface area contributed by atoms with E-state index in [1.807, 2.05) is 11.8 Å². The summed E-state index contributed by atoms with van der Waals surface area (Å²) in [5, 5.41) is 9.99. The van der Waals surface area contributed by atoms with Crippen LogP contribution in [0.5, 0.6) is 5.75 Å². The minimum absolute atomic E-state index is 0.0586. The van der Waals surface area contributed by atoms with Crippen LogP contribution in [-0.4, -0.2) is 121 Å². The smallest absolute Gasteiger partial charge is 0.234 e. The van der Waals surface area contributed by atoms with Gasteiger partial charge in [-0.3, -0.25) is 29.7 Å². The molecule has 9 rings (SSSR count). The Labute approximate surface area is 412 Å². The number of imide groups is 1. The molecule has 4 fully saturated rings. The summed E-state index contributed by atoms with van der Waals surface area (Å²) in [5.41, 5.74) is 4.54. The van der Waals surface area contributed by atoms with Gasteiger partial charge in [0.2, 0.25) is 17.8 Å². The number of aryl methyl sites for hydroxylation is 2. The highest BCUT2D eigenvalue weighted by Crippen LogP contribution is 2.43. The number of halogens is 4. The SMILES string of the molecule is CCOc1cc(N2CCC(N3CCN(C4CCN(c5cc(F)c([C@H]6CCC(=O)NC6=O)c(F)c5)CC4)CC3)CC2)c(CC)cc1Nc1ncc(Cl)c(Nc2ccc3nc(C)c(F)cc3c2P(C)(C)=O)n1. The molecule has 0 aliphatic carbocycles. The summed E-state index contributed by atoms with van der Waals surface area (Å²) in [4.78, 5) is 47.3. The molecule has 3 aromatic carbocycles. The lowest BCUT2D eigenvalue weighted by Crippen LogP contribution is -2.56. The Morgan fingerprint density at radius 2 is 1.44 bits per heavy atom. The summed E-state index contributed by atoms with van der Waals surface area (Å²) in [7, 11) is -2.95. The number of nitrogens with zero attached hydrogens (tertiary/aromatic N) is 7. The van der Waals surface area contributed by atoms with Crippen molar-refractivity contribution in [3.8, 4) is 5.75 Å². The molecule has 372 valence electrons. The van der Waals surface area contributed by atoms with Crippen molar-refractivity contribution in [3.63, 3.8) is 0 Å². The number of nitrogens with one attached hydrogen (secondary N) is 3. The molecule has 2 aromatic heterocycles. The predicted molar refractivity (Wildman–Crippen MR) is 271 cm³/mol. The third kappa shape index (κ3) is 10.4.